The number of anilines is 1. The second-order valence-electron chi connectivity index (χ2n) is 6.58. The lowest BCUT2D eigenvalue weighted by molar-refractivity contribution is -0.121. The van der Waals surface area contributed by atoms with Gasteiger partial charge in [0, 0.05) is 6.20 Å². The number of benzene rings is 1. The molecule has 1 amide bonds. The molecule has 0 bridgehead atoms. The third-order valence-corrected chi connectivity index (χ3v) is 5.60. The molecule has 2 atom stereocenters. The number of nitrogens with two attached hydrogens (primary N) is 1. The van der Waals surface area contributed by atoms with E-state index in [2.05, 4.69) is 27.4 Å². The number of ether oxygens (including phenoxy) is 1. The molecule has 3 N–H and O–H groups in total. The summed E-state index contributed by atoms with van der Waals surface area (Å²) in [5, 5.41) is 3.08. The van der Waals surface area contributed by atoms with Gasteiger partial charge in [0.15, 0.2) is 5.16 Å². The number of hydrogen-bond donors (Lipinski definition) is 2. The molecule has 8 heteroatoms. The number of nitrogens with one attached hydrogen (secondary N) is 1. The van der Waals surface area contributed by atoms with Crippen LogP contribution in [0.1, 0.15) is 54.2 Å². The van der Waals surface area contributed by atoms with Crippen LogP contribution >= 0.6 is 11.8 Å². The Balaban J connectivity index is 1.63. The number of carbonyl (C=O) groups excluding carboxylic acids is 2. The quantitative estimate of drug-likeness (QED) is 0.436. The number of thioether (sulfide) groups is 1. The van der Waals surface area contributed by atoms with Gasteiger partial charge in [0.25, 0.3) is 0 Å². The predicted octanol–water partition coefficient (Wildman–Crippen LogP) is 2.91. The Morgan fingerprint density at radius 1 is 1.39 bits per heavy atom. The molecule has 28 heavy (non-hydrogen) atoms. The van der Waals surface area contributed by atoms with Gasteiger partial charge >= 0.3 is 5.97 Å². The molecule has 2 aromatic rings. The van der Waals surface area contributed by atoms with Crippen LogP contribution in [0.3, 0.4) is 0 Å². The Morgan fingerprint density at radius 3 is 2.93 bits per heavy atom. The molecule has 148 valence electrons. The van der Waals surface area contributed by atoms with Crippen molar-refractivity contribution in [1.29, 1.82) is 0 Å². The molecule has 0 spiro atoms. The topological polar surface area (TPSA) is 107 Å². The zero-order valence-corrected chi connectivity index (χ0v) is 16.8. The lowest BCUT2D eigenvalue weighted by atomic mass is 9.88. The second-order valence-corrected chi connectivity index (χ2v) is 7.89. The Bertz CT molecular complexity index is 874. The molecule has 1 aromatic carbocycles. The molecule has 0 fully saturated rings. The lowest BCUT2D eigenvalue weighted by Crippen LogP contribution is -2.36. The smallest absolute Gasteiger partial charge is 0.343 e. The molecule has 1 aromatic heterocycles. The molecule has 0 saturated carbocycles. The van der Waals surface area contributed by atoms with Gasteiger partial charge in [-0.3, -0.25) is 4.79 Å². The minimum Gasteiger partial charge on any atom is -0.462 e. The van der Waals surface area contributed by atoms with Crippen LogP contribution in [-0.4, -0.2) is 33.7 Å². The largest absolute Gasteiger partial charge is 0.462 e. The summed E-state index contributed by atoms with van der Waals surface area (Å²) in [6.45, 7) is 3.76. The highest BCUT2D eigenvalue weighted by atomic mass is 32.2. The van der Waals surface area contributed by atoms with E-state index in [-0.39, 0.29) is 29.9 Å². The van der Waals surface area contributed by atoms with Gasteiger partial charge in [0.05, 0.1) is 17.9 Å². The van der Waals surface area contributed by atoms with Crippen molar-refractivity contribution in [2.75, 3.05) is 12.3 Å². The van der Waals surface area contributed by atoms with Crippen molar-refractivity contribution >= 4 is 29.5 Å². The molecule has 0 saturated heterocycles. The predicted molar refractivity (Wildman–Crippen MR) is 108 cm³/mol. The number of amides is 1. The number of aryl methyl sites for hydroxylation is 1. The second kappa shape index (κ2) is 9.05. The van der Waals surface area contributed by atoms with Gasteiger partial charge in [-0.2, -0.15) is 0 Å². The van der Waals surface area contributed by atoms with Gasteiger partial charge in [0.2, 0.25) is 5.91 Å². The van der Waals surface area contributed by atoms with Crippen LogP contribution in [0.4, 0.5) is 5.82 Å². The van der Waals surface area contributed by atoms with Gasteiger partial charge in [-0.1, -0.05) is 36.0 Å². The first-order valence-electron chi connectivity index (χ1n) is 9.34. The summed E-state index contributed by atoms with van der Waals surface area (Å²) in [5.74, 6) is -0.591. The standard InChI is InChI=1S/C20H24N4O3S/c1-3-27-19(26)15-11-22-20(24-17(15)21)28-12(2)18(25)23-16-10-6-8-13-7-4-5-9-14(13)16/h4-5,7,9,11-12,16H,3,6,8,10H2,1-2H3,(H,23,25)(H2,21,22,24). The van der Waals surface area contributed by atoms with Crippen molar-refractivity contribution in [3.05, 3.63) is 47.2 Å². The van der Waals surface area contributed by atoms with Crippen LogP contribution in [0.15, 0.2) is 35.6 Å². The highest BCUT2D eigenvalue weighted by Gasteiger charge is 2.25. The van der Waals surface area contributed by atoms with Gasteiger partial charge in [-0.15, -0.1) is 0 Å². The molecular weight excluding hydrogens is 376 g/mol. The summed E-state index contributed by atoms with van der Waals surface area (Å²) in [5.41, 5.74) is 8.46. The highest BCUT2D eigenvalue weighted by Crippen LogP contribution is 2.30. The first-order chi connectivity index (χ1) is 13.5. The van der Waals surface area contributed by atoms with Crippen LogP contribution < -0.4 is 11.1 Å². The fraction of sp³-hybridized carbons (Fsp3) is 0.400. The van der Waals surface area contributed by atoms with Crippen LogP contribution in [0.5, 0.6) is 0 Å². The van der Waals surface area contributed by atoms with Gasteiger partial charge in [0.1, 0.15) is 11.4 Å². The average molecular weight is 401 g/mol. The third-order valence-electron chi connectivity index (χ3n) is 4.63. The van der Waals surface area contributed by atoms with E-state index in [9.17, 15) is 9.59 Å². The Hall–Kier alpha value is -2.61. The first kappa shape index (κ1) is 20.1. The van der Waals surface area contributed by atoms with E-state index in [1.165, 1.54) is 29.1 Å². The average Bonchev–Trinajstić information content (AvgIpc) is 2.68. The normalized spacial score (nSPS) is 16.7. The van der Waals surface area contributed by atoms with Crippen molar-refractivity contribution in [2.24, 2.45) is 0 Å². The van der Waals surface area contributed by atoms with Crippen molar-refractivity contribution < 1.29 is 14.3 Å². The zero-order chi connectivity index (χ0) is 20.1. The molecule has 0 radical (unpaired) electrons. The number of hydrogen-bond acceptors (Lipinski definition) is 7. The fourth-order valence-electron chi connectivity index (χ4n) is 3.21. The number of carbonyl (C=O) groups is 2. The third kappa shape index (κ3) is 4.62. The van der Waals surface area contributed by atoms with E-state index < -0.39 is 11.2 Å². The van der Waals surface area contributed by atoms with Gasteiger partial charge in [-0.05, 0) is 44.2 Å². The molecule has 2 unspecified atom stereocenters. The lowest BCUT2D eigenvalue weighted by Gasteiger charge is -2.27. The molecule has 0 aliphatic heterocycles. The number of fused-ring (bicyclic) bond motifs is 1. The van der Waals surface area contributed by atoms with Gasteiger partial charge in [-0.25, -0.2) is 14.8 Å². The minimum atomic E-state index is -0.557. The SMILES string of the molecule is CCOC(=O)c1cnc(SC(C)C(=O)NC2CCCc3ccccc32)nc1N. The van der Waals surface area contributed by atoms with Crippen molar-refractivity contribution in [3.63, 3.8) is 0 Å². The molecule has 1 heterocycles. The molecule has 1 aliphatic carbocycles. The summed E-state index contributed by atoms with van der Waals surface area (Å²) in [6, 6.07) is 8.26. The van der Waals surface area contributed by atoms with Crippen molar-refractivity contribution in [2.45, 2.75) is 49.6 Å². The highest BCUT2D eigenvalue weighted by molar-refractivity contribution is 8.00. The van der Waals surface area contributed by atoms with E-state index in [0.29, 0.717) is 5.16 Å². The monoisotopic (exact) mass is 400 g/mol. The zero-order valence-electron chi connectivity index (χ0n) is 16.0. The number of aromatic nitrogens is 2. The van der Waals surface area contributed by atoms with Crippen molar-refractivity contribution in [1.82, 2.24) is 15.3 Å². The molecule has 7 nitrogen and oxygen atoms in total. The maximum atomic E-state index is 12.7. The van der Waals surface area contributed by atoms with Crippen LogP contribution in [0.25, 0.3) is 0 Å². The summed E-state index contributed by atoms with van der Waals surface area (Å²) in [6.07, 6.45) is 4.37. The van der Waals surface area contributed by atoms with Crippen LogP contribution in [-0.2, 0) is 16.0 Å². The number of rotatable bonds is 6. The summed E-state index contributed by atoms with van der Waals surface area (Å²) in [4.78, 5) is 32.7. The number of nitrogen functional groups attached to an aromatic ring is 1. The minimum absolute atomic E-state index is 0.0256. The maximum Gasteiger partial charge on any atom is 0.343 e. The van der Waals surface area contributed by atoms with Gasteiger partial charge < -0.3 is 15.8 Å². The van der Waals surface area contributed by atoms with E-state index >= 15 is 0 Å². The summed E-state index contributed by atoms with van der Waals surface area (Å²) >= 11 is 1.20. The Kier molecular flexibility index (Phi) is 6.51. The molecule has 3 rings (SSSR count). The maximum absolute atomic E-state index is 12.7. The Labute approximate surface area is 168 Å². The van der Waals surface area contributed by atoms with E-state index in [0.717, 1.165) is 19.3 Å². The van der Waals surface area contributed by atoms with E-state index in [1.807, 2.05) is 12.1 Å². The molecule has 1 aliphatic rings. The van der Waals surface area contributed by atoms with Crippen LogP contribution in [0.2, 0.25) is 0 Å². The van der Waals surface area contributed by atoms with Crippen molar-refractivity contribution in [3.8, 4) is 0 Å². The van der Waals surface area contributed by atoms with E-state index in [1.54, 1.807) is 13.8 Å². The summed E-state index contributed by atoms with van der Waals surface area (Å²) < 4.78 is 4.91. The Morgan fingerprint density at radius 2 is 2.18 bits per heavy atom. The van der Waals surface area contributed by atoms with Crippen LogP contribution in [0, 0.1) is 0 Å². The molecular formula is C20H24N4O3S. The summed E-state index contributed by atoms with van der Waals surface area (Å²) in [7, 11) is 0. The van der Waals surface area contributed by atoms with E-state index in [4.69, 9.17) is 10.5 Å². The first-order valence-corrected chi connectivity index (χ1v) is 10.2. The fourth-order valence-corrected chi connectivity index (χ4v) is 3.96. The number of nitrogens with zero attached hydrogens (tertiary/aromatic N) is 2. The number of esters is 1.